The second-order valence-electron chi connectivity index (χ2n) is 5.46. The summed E-state index contributed by atoms with van der Waals surface area (Å²) in [6.07, 6.45) is 4.38. The molecule has 0 spiro atoms. The van der Waals surface area contributed by atoms with Crippen molar-refractivity contribution >= 4 is 8.73 Å². The smallest absolute Gasteiger partial charge is 0.00712 e. The van der Waals surface area contributed by atoms with E-state index < -0.39 is 0 Å². The Labute approximate surface area is 91.5 Å². The predicted octanol–water partition coefficient (Wildman–Crippen LogP) is 3.60. The quantitative estimate of drug-likeness (QED) is 0.650. The van der Waals surface area contributed by atoms with E-state index in [0.717, 1.165) is 32.1 Å². The van der Waals surface area contributed by atoms with Gasteiger partial charge in [-0.05, 0) is 59.1 Å². The highest BCUT2D eigenvalue weighted by Gasteiger charge is 2.30. The Morgan fingerprint density at radius 2 is 1.86 bits per heavy atom. The molecule has 1 aliphatic rings. The molecule has 14 heavy (non-hydrogen) atoms. The van der Waals surface area contributed by atoms with Crippen LogP contribution in [-0.2, 0) is 0 Å². The van der Waals surface area contributed by atoms with Gasteiger partial charge >= 0.3 is 0 Å². The molecule has 1 rings (SSSR count). The molecule has 0 amide bonds. The van der Waals surface area contributed by atoms with E-state index >= 15 is 0 Å². The fraction of sp³-hybridized carbons (Fsp3) is 1.00. The first-order valence-corrected chi connectivity index (χ1v) is 6.96. The van der Waals surface area contributed by atoms with E-state index in [1.807, 2.05) is 0 Å². The van der Waals surface area contributed by atoms with E-state index in [-0.39, 0.29) is 0 Å². The largest absolute Gasteiger partial charge is 0.290 e. The minimum absolute atomic E-state index is 0.875. The highest BCUT2D eigenvalue weighted by Crippen LogP contribution is 2.43. The molecule has 0 aromatic carbocycles. The molecule has 1 saturated carbocycles. The lowest BCUT2D eigenvalue weighted by atomic mass is 9.77. The van der Waals surface area contributed by atoms with Crippen molar-refractivity contribution in [1.82, 2.24) is 4.67 Å². The van der Waals surface area contributed by atoms with Crippen LogP contribution < -0.4 is 0 Å². The third-order valence-corrected chi connectivity index (χ3v) is 4.96. The van der Waals surface area contributed by atoms with Crippen molar-refractivity contribution in [2.75, 3.05) is 14.1 Å². The average molecular weight is 215 g/mol. The zero-order valence-electron chi connectivity index (χ0n) is 10.4. The van der Waals surface area contributed by atoms with Crippen LogP contribution >= 0.6 is 8.73 Å². The Morgan fingerprint density at radius 1 is 1.21 bits per heavy atom. The van der Waals surface area contributed by atoms with Crippen LogP contribution in [0.15, 0.2) is 0 Å². The lowest BCUT2D eigenvalue weighted by molar-refractivity contribution is 0.240. The fourth-order valence-electron chi connectivity index (χ4n) is 2.68. The second-order valence-corrected chi connectivity index (χ2v) is 7.35. The van der Waals surface area contributed by atoms with E-state index in [1.54, 1.807) is 0 Å². The van der Waals surface area contributed by atoms with E-state index in [0.29, 0.717) is 0 Å². The molecule has 1 aliphatic carbocycles. The molecule has 1 nitrogen and oxygen atoms in total. The van der Waals surface area contributed by atoms with E-state index in [2.05, 4.69) is 39.5 Å². The molecule has 4 atom stereocenters. The van der Waals surface area contributed by atoms with Crippen molar-refractivity contribution in [3.63, 3.8) is 0 Å². The van der Waals surface area contributed by atoms with Crippen LogP contribution in [0, 0.1) is 17.8 Å². The number of nitrogens with zero attached hydrogens (tertiary/aromatic N) is 1. The average Bonchev–Trinajstić information content (AvgIpc) is 2.01. The van der Waals surface area contributed by atoms with Gasteiger partial charge in [0, 0.05) is 0 Å². The van der Waals surface area contributed by atoms with Gasteiger partial charge in [-0.15, -0.1) is 0 Å². The number of rotatable bonds is 3. The van der Waals surface area contributed by atoms with Crippen LogP contribution in [0.4, 0.5) is 0 Å². The molecule has 1 fully saturated rings. The van der Waals surface area contributed by atoms with Crippen molar-refractivity contribution < 1.29 is 0 Å². The van der Waals surface area contributed by atoms with Gasteiger partial charge in [0.2, 0.25) is 0 Å². The molecular formula is C12H26NP. The monoisotopic (exact) mass is 215 g/mol. The first-order valence-electron chi connectivity index (χ1n) is 5.94. The number of hydrogen-bond acceptors (Lipinski definition) is 1. The third kappa shape index (κ3) is 3.51. The first-order chi connectivity index (χ1) is 6.50. The maximum atomic E-state index is 2.42. The van der Waals surface area contributed by atoms with Crippen LogP contribution in [-0.4, -0.2) is 24.4 Å². The molecular weight excluding hydrogens is 189 g/mol. The summed E-state index contributed by atoms with van der Waals surface area (Å²) in [6.45, 7) is 7.21. The topological polar surface area (TPSA) is 3.24 Å². The lowest BCUT2D eigenvalue weighted by Crippen LogP contribution is -2.30. The van der Waals surface area contributed by atoms with Gasteiger partial charge in [-0.25, -0.2) is 0 Å². The van der Waals surface area contributed by atoms with Gasteiger partial charge in [0.15, 0.2) is 0 Å². The Kier molecular flexibility index (Phi) is 4.87. The SMILES string of the molecule is CC1CCC(C(C)C)C(PN(C)C)C1. The van der Waals surface area contributed by atoms with Crippen molar-refractivity contribution in [1.29, 1.82) is 0 Å². The Hall–Kier alpha value is 0.390. The van der Waals surface area contributed by atoms with E-state index in [1.165, 1.54) is 19.3 Å². The van der Waals surface area contributed by atoms with Crippen LogP contribution in [0.25, 0.3) is 0 Å². The maximum Gasteiger partial charge on any atom is -0.00712 e. The minimum atomic E-state index is 0.875. The summed E-state index contributed by atoms with van der Waals surface area (Å²) >= 11 is 0. The summed E-state index contributed by atoms with van der Waals surface area (Å²) in [6, 6.07) is 0. The standard InChI is InChI=1S/C12H26NP/c1-9(2)11-7-6-10(3)8-12(11)14-13(4)5/h9-12,14H,6-8H2,1-5H3. The molecule has 0 aromatic rings. The van der Waals surface area contributed by atoms with Gasteiger partial charge in [0.05, 0.1) is 0 Å². The molecule has 0 aliphatic heterocycles. The van der Waals surface area contributed by atoms with Crippen LogP contribution in [0.2, 0.25) is 0 Å². The molecule has 4 unspecified atom stereocenters. The Morgan fingerprint density at radius 3 is 2.36 bits per heavy atom. The van der Waals surface area contributed by atoms with E-state index in [4.69, 9.17) is 0 Å². The van der Waals surface area contributed by atoms with Gasteiger partial charge in [-0.2, -0.15) is 0 Å². The van der Waals surface area contributed by atoms with Crippen molar-refractivity contribution in [3.05, 3.63) is 0 Å². The first kappa shape index (κ1) is 12.5. The summed E-state index contributed by atoms with van der Waals surface area (Å²) in [5.41, 5.74) is 0.966. The molecule has 2 heteroatoms. The molecule has 0 saturated heterocycles. The molecule has 0 bridgehead atoms. The summed E-state index contributed by atoms with van der Waals surface area (Å²) < 4.78 is 2.39. The molecule has 0 heterocycles. The Balaban J connectivity index is 2.54. The number of hydrogen-bond donors (Lipinski definition) is 0. The third-order valence-electron chi connectivity index (χ3n) is 3.45. The predicted molar refractivity (Wildman–Crippen MR) is 67.1 cm³/mol. The zero-order valence-corrected chi connectivity index (χ0v) is 11.4. The molecule has 0 aromatic heterocycles. The van der Waals surface area contributed by atoms with Crippen molar-refractivity contribution in [3.8, 4) is 0 Å². The summed E-state index contributed by atoms with van der Waals surface area (Å²) in [5.74, 6) is 2.81. The minimum Gasteiger partial charge on any atom is -0.290 e. The normalized spacial score (nSPS) is 34.9. The van der Waals surface area contributed by atoms with Gasteiger partial charge in [-0.1, -0.05) is 27.2 Å². The van der Waals surface area contributed by atoms with Crippen molar-refractivity contribution in [2.45, 2.75) is 45.7 Å². The summed E-state index contributed by atoms with van der Waals surface area (Å²) in [4.78, 5) is 0. The van der Waals surface area contributed by atoms with E-state index in [9.17, 15) is 0 Å². The fourth-order valence-corrected chi connectivity index (χ4v) is 4.60. The van der Waals surface area contributed by atoms with Gasteiger partial charge in [0.1, 0.15) is 0 Å². The highest BCUT2D eigenvalue weighted by atomic mass is 31.1. The van der Waals surface area contributed by atoms with Crippen LogP contribution in [0.1, 0.15) is 40.0 Å². The van der Waals surface area contributed by atoms with Gasteiger partial charge < -0.3 is 0 Å². The molecule has 0 N–H and O–H groups in total. The van der Waals surface area contributed by atoms with Crippen LogP contribution in [0.5, 0.6) is 0 Å². The van der Waals surface area contributed by atoms with Gasteiger partial charge in [-0.3, -0.25) is 4.67 Å². The van der Waals surface area contributed by atoms with Crippen molar-refractivity contribution in [2.24, 2.45) is 17.8 Å². The highest BCUT2D eigenvalue weighted by molar-refractivity contribution is 7.36. The molecule has 0 radical (unpaired) electrons. The second kappa shape index (κ2) is 5.47. The Bertz CT molecular complexity index is 166. The summed E-state index contributed by atoms with van der Waals surface area (Å²) in [5, 5.41) is 0. The lowest BCUT2D eigenvalue weighted by Gasteiger charge is -2.38. The van der Waals surface area contributed by atoms with Gasteiger partial charge in [0.25, 0.3) is 0 Å². The zero-order chi connectivity index (χ0) is 10.7. The van der Waals surface area contributed by atoms with Crippen LogP contribution in [0.3, 0.4) is 0 Å². The maximum absolute atomic E-state index is 2.42. The molecule has 84 valence electrons. The summed E-state index contributed by atoms with van der Waals surface area (Å²) in [7, 11) is 5.46.